The first kappa shape index (κ1) is 19.2. The summed E-state index contributed by atoms with van der Waals surface area (Å²) in [7, 11) is 0. The van der Waals surface area contributed by atoms with Crippen molar-refractivity contribution in [3.8, 4) is 0 Å². The fourth-order valence-corrected chi connectivity index (χ4v) is 3.88. The Bertz CT molecular complexity index is 739. The summed E-state index contributed by atoms with van der Waals surface area (Å²) in [6.45, 7) is 1.87. The molecule has 0 heterocycles. The van der Waals surface area contributed by atoms with Crippen LogP contribution in [0.2, 0.25) is 0 Å². The van der Waals surface area contributed by atoms with Crippen LogP contribution in [-0.2, 0) is 4.79 Å². The molecule has 2 amide bonds. The predicted octanol–water partition coefficient (Wildman–Crippen LogP) is 4.24. The zero-order chi connectivity index (χ0) is 19.1. The van der Waals surface area contributed by atoms with Gasteiger partial charge in [-0.15, -0.1) is 0 Å². The highest BCUT2D eigenvalue weighted by Gasteiger charge is 2.28. The summed E-state index contributed by atoms with van der Waals surface area (Å²) in [6, 6.07) is 19.1. The molecule has 0 spiro atoms. The summed E-state index contributed by atoms with van der Waals surface area (Å²) in [5, 5.41) is 6.14. The molecule has 0 aromatic heterocycles. The molecule has 0 aliphatic heterocycles. The SMILES string of the molecule is CC(CC(=O)NC(c1ccccc1)C1CCCC1)NC(=O)c1ccccc1. The average Bonchev–Trinajstić information content (AvgIpc) is 3.22. The van der Waals surface area contributed by atoms with E-state index in [0.29, 0.717) is 11.5 Å². The minimum atomic E-state index is -0.224. The lowest BCUT2D eigenvalue weighted by atomic mass is 9.91. The Morgan fingerprint density at radius 2 is 1.52 bits per heavy atom. The topological polar surface area (TPSA) is 58.2 Å². The number of benzene rings is 2. The summed E-state index contributed by atoms with van der Waals surface area (Å²) < 4.78 is 0. The van der Waals surface area contributed by atoms with E-state index in [1.54, 1.807) is 12.1 Å². The first-order chi connectivity index (χ1) is 13.1. The molecule has 1 aliphatic rings. The van der Waals surface area contributed by atoms with Gasteiger partial charge in [-0.05, 0) is 43.4 Å². The van der Waals surface area contributed by atoms with Gasteiger partial charge in [-0.25, -0.2) is 0 Å². The van der Waals surface area contributed by atoms with Crippen molar-refractivity contribution in [3.63, 3.8) is 0 Å². The van der Waals surface area contributed by atoms with Gasteiger partial charge in [0, 0.05) is 18.0 Å². The Labute approximate surface area is 161 Å². The summed E-state index contributed by atoms with van der Waals surface area (Å²) in [5.74, 6) is 0.327. The van der Waals surface area contributed by atoms with Crippen LogP contribution in [0.25, 0.3) is 0 Å². The van der Waals surface area contributed by atoms with Gasteiger partial charge in [-0.1, -0.05) is 61.4 Å². The third kappa shape index (κ3) is 5.43. The van der Waals surface area contributed by atoms with Gasteiger partial charge in [0.2, 0.25) is 5.91 Å². The van der Waals surface area contributed by atoms with Crippen molar-refractivity contribution >= 4 is 11.8 Å². The fourth-order valence-electron chi connectivity index (χ4n) is 3.88. The standard InChI is InChI=1S/C23H28N2O2/c1-17(24-23(27)20-14-6-3-7-15-20)16-21(26)25-22(19-12-8-9-13-19)18-10-4-2-5-11-18/h2-7,10-11,14-15,17,19,22H,8-9,12-13,16H2,1H3,(H,24,27)(H,25,26). The number of hydrogen-bond donors (Lipinski definition) is 2. The van der Waals surface area contributed by atoms with E-state index in [0.717, 1.165) is 12.8 Å². The highest BCUT2D eigenvalue weighted by molar-refractivity contribution is 5.94. The Kier molecular flexibility index (Phi) is 6.64. The molecule has 2 unspecified atom stereocenters. The van der Waals surface area contributed by atoms with Gasteiger partial charge in [0.05, 0.1) is 6.04 Å². The second-order valence-corrected chi connectivity index (χ2v) is 7.45. The number of rotatable bonds is 7. The molecule has 0 bridgehead atoms. The molecule has 2 atom stereocenters. The third-order valence-corrected chi connectivity index (χ3v) is 5.25. The molecular weight excluding hydrogens is 336 g/mol. The Balaban J connectivity index is 1.58. The van der Waals surface area contributed by atoms with E-state index in [-0.39, 0.29) is 30.3 Å². The second kappa shape index (κ2) is 9.36. The van der Waals surface area contributed by atoms with Crippen molar-refractivity contribution in [1.82, 2.24) is 10.6 Å². The summed E-state index contributed by atoms with van der Waals surface area (Å²) in [5.41, 5.74) is 1.77. The Morgan fingerprint density at radius 3 is 2.15 bits per heavy atom. The monoisotopic (exact) mass is 364 g/mol. The number of carbonyl (C=O) groups excluding carboxylic acids is 2. The van der Waals surface area contributed by atoms with E-state index >= 15 is 0 Å². The zero-order valence-corrected chi connectivity index (χ0v) is 15.9. The summed E-state index contributed by atoms with van der Waals surface area (Å²) >= 11 is 0. The molecule has 2 N–H and O–H groups in total. The van der Waals surface area contributed by atoms with Crippen molar-refractivity contribution in [2.24, 2.45) is 5.92 Å². The summed E-state index contributed by atoms with van der Waals surface area (Å²) in [6.07, 6.45) is 5.04. The maximum Gasteiger partial charge on any atom is 0.251 e. The molecule has 0 radical (unpaired) electrons. The summed E-state index contributed by atoms with van der Waals surface area (Å²) in [4.78, 5) is 24.9. The van der Waals surface area contributed by atoms with E-state index in [9.17, 15) is 9.59 Å². The van der Waals surface area contributed by atoms with Crippen molar-refractivity contribution in [3.05, 3.63) is 71.8 Å². The molecule has 1 fully saturated rings. The number of nitrogens with one attached hydrogen (secondary N) is 2. The van der Waals surface area contributed by atoms with Crippen LogP contribution in [0.5, 0.6) is 0 Å². The molecule has 1 aliphatic carbocycles. The van der Waals surface area contributed by atoms with Gasteiger partial charge in [0.1, 0.15) is 0 Å². The van der Waals surface area contributed by atoms with Crippen LogP contribution in [0.4, 0.5) is 0 Å². The number of amides is 2. The van der Waals surface area contributed by atoms with Gasteiger partial charge in [0.15, 0.2) is 0 Å². The highest BCUT2D eigenvalue weighted by Crippen LogP contribution is 2.35. The van der Waals surface area contributed by atoms with Crippen molar-refractivity contribution in [2.75, 3.05) is 0 Å². The fraction of sp³-hybridized carbons (Fsp3) is 0.391. The molecule has 3 rings (SSSR count). The van der Waals surface area contributed by atoms with Gasteiger partial charge >= 0.3 is 0 Å². The predicted molar refractivity (Wildman–Crippen MR) is 107 cm³/mol. The lowest BCUT2D eigenvalue weighted by molar-refractivity contribution is -0.122. The van der Waals surface area contributed by atoms with Crippen LogP contribution in [-0.4, -0.2) is 17.9 Å². The minimum Gasteiger partial charge on any atom is -0.349 e. The Morgan fingerprint density at radius 1 is 0.926 bits per heavy atom. The first-order valence-electron chi connectivity index (χ1n) is 9.83. The molecule has 1 saturated carbocycles. The molecule has 2 aromatic rings. The normalized spacial score (nSPS) is 16.5. The van der Waals surface area contributed by atoms with Gasteiger partial charge in [0.25, 0.3) is 5.91 Å². The van der Waals surface area contributed by atoms with Crippen LogP contribution < -0.4 is 10.6 Å². The van der Waals surface area contributed by atoms with Crippen LogP contribution in [0.15, 0.2) is 60.7 Å². The van der Waals surface area contributed by atoms with Gasteiger partial charge in [-0.3, -0.25) is 9.59 Å². The van der Waals surface area contributed by atoms with E-state index < -0.39 is 0 Å². The Hall–Kier alpha value is -2.62. The van der Waals surface area contributed by atoms with Crippen LogP contribution in [0.3, 0.4) is 0 Å². The molecule has 4 heteroatoms. The van der Waals surface area contributed by atoms with E-state index in [1.165, 1.54) is 18.4 Å². The van der Waals surface area contributed by atoms with Crippen LogP contribution >= 0.6 is 0 Å². The molecule has 27 heavy (non-hydrogen) atoms. The third-order valence-electron chi connectivity index (χ3n) is 5.25. The van der Waals surface area contributed by atoms with E-state index in [4.69, 9.17) is 0 Å². The minimum absolute atomic E-state index is 0.0170. The van der Waals surface area contributed by atoms with E-state index in [1.807, 2.05) is 43.3 Å². The average molecular weight is 364 g/mol. The van der Waals surface area contributed by atoms with Crippen molar-refractivity contribution in [1.29, 1.82) is 0 Å². The van der Waals surface area contributed by atoms with E-state index in [2.05, 4.69) is 22.8 Å². The van der Waals surface area contributed by atoms with Crippen LogP contribution in [0.1, 0.15) is 61.0 Å². The zero-order valence-electron chi connectivity index (χ0n) is 15.9. The molecule has 4 nitrogen and oxygen atoms in total. The lowest BCUT2D eigenvalue weighted by Gasteiger charge is -2.26. The smallest absolute Gasteiger partial charge is 0.251 e. The second-order valence-electron chi connectivity index (χ2n) is 7.45. The molecular formula is C23H28N2O2. The lowest BCUT2D eigenvalue weighted by Crippen LogP contribution is -2.39. The van der Waals surface area contributed by atoms with Crippen LogP contribution in [0, 0.1) is 5.92 Å². The molecule has 142 valence electrons. The molecule has 0 saturated heterocycles. The van der Waals surface area contributed by atoms with Gasteiger partial charge < -0.3 is 10.6 Å². The molecule has 2 aromatic carbocycles. The largest absolute Gasteiger partial charge is 0.349 e. The van der Waals surface area contributed by atoms with Crippen molar-refractivity contribution in [2.45, 2.75) is 51.1 Å². The number of carbonyl (C=O) groups is 2. The maximum atomic E-state index is 12.6. The number of hydrogen-bond acceptors (Lipinski definition) is 2. The van der Waals surface area contributed by atoms with Crippen molar-refractivity contribution < 1.29 is 9.59 Å². The maximum absolute atomic E-state index is 12.6. The quantitative estimate of drug-likeness (QED) is 0.772. The first-order valence-corrected chi connectivity index (χ1v) is 9.83. The highest BCUT2D eigenvalue weighted by atomic mass is 16.2. The van der Waals surface area contributed by atoms with Gasteiger partial charge in [-0.2, -0.15) is 0 Å².